The summed E-state index contributed by atoms with van der Waals surface area (Å²) in [5.41, 5.74) is 6.10. The zero-order valence-electron chi connectivity index (χ0n) is 8.45. The van der Waals surface area contributed by atoms with Gasteiger partial charge in [-0.05, 0) is 35.0 Å². The minimum Gasteiger partial charge on any atom is -0.419 e. The Bertz CT molecular complexity index is 513. The van der Waals surface area contributed by atoms with E-state index in [-0.39, 0.29) is 17.7 Å². The first-order valence-electron chi connectivity index (χ1n) is 4.63. The number of rotatable bonds is 2. The Morgan fingerprint density at radius 3 is 2.81 bits per heavy atom. The van der Waals surface area contributed by atoms with E-state index in [1.165, 1.54) is 6.07 Å². The summed E-state index contributed by atoms with van der Waals surface area (Å²) in [5.74, 6) is 0.197. The highest BCUT2D eigenvalue weighted by Crippen LogP contribution is 2.29. The van der Waals surface area contributed by atoms with Crippen molar-refractivity contribution in [2.45, 2.75) is 13.0 Å². The summed E-state index contributed by atoms with van der Waals surface area (Å²) >= 11 is 3.13. The third kappa shape index (κ3) is 1.98. The fraction of sp³-hybridized carbons (Fsp3) is 0.200. The number of hydrogen-bond acceptors (Lipinski definition) is 4. The first kappa shape index (κ1) is 11.2. The van der Waals surface area contributed by atoms with Crippen LogP contribution in [0.5, 0.6) is 0 Å². The van der Waals surface area contributed by atoms with Gasteiger partial charge in [0.1, 0.15) is 5.82 Å². The van der Waals surface area contributed by atoms with Crippen LogP contribution in [0.3, 0.4) is 0 Å². The van der Waals surface area contributed by atoms with Gasteiger partial charge in [-0.25, -0.2) is 4.39 Å². The normalized spacial score (nSPS) is 12.8. The third-order valence-corrected chi connectivity index (χ3v) is 2.82. The quantitative estimate of drug-likeness (QED) is 0.921. The number of hydrogen-bond donors (Lipinski definition) is 1. The van der Waals surface area contributed by atoms with Gasteiger partial charge < -0.3 is 10.2 Å². The SMILES string of the molecule is CC(N)c1nnc(-c2cccc(F)c2Br)o1. The minimum atomic E-state index is -0.377. The molecule has 0 saturated carbocycles. The molecule has 0 aliphatic carbocycles. The molecule has 0 amide bonds. The maximum atomic E-state index is 13.3. The van der Waals surface area contributed by atoms with Gasteiger partial charge in [-0.2, -0.15) is 0 Å². The van der Waals surface area contributed by atoms with Crippen LogP contribution < -0.4 is 5.73 Å². The minimum absolute atomic E-state index is 0.249. The van der Waals surface area contributed by atoms with Crippen LogP contribution in [0.4, 0.5) is 4.39 Å². The van der Waals surface area contributed by atoms with E-state index in [1.54, 1.807) is 19.1 Å². The second-order valence-electron chi connectivity index (χ2n) is 3.34. The molecular weight excluding hydrogens is 277 g/mol. The molecule has 0 aliphatic heterocycles. The van der Waals surface area contributed by atoms with E-state index >= 15 is 0 Å². The highest BCUT2D eigenvalue weighted by Gasteiger charge is 2.15. The second kappa shape index (κ2) is 4.31. The number of aromatic nitrogens is 2. The van der Waals surface area contributed by atoms with Crippen LogP contribution >= 0.6 is 15.9 Å². The predicted molar refractivity (Wildman–Crippen MR) is 60.0 cm³/mol. The van der Waals surface area contributed by atoms with E-state index in [0.29, 0.717) is 15.9 Å². The van der Waals surface area contributed by atoms with Gasteiger partial charge in [-0.3, -0.25) is 0 Å². The predicted octanol–water partition coefficient (Wildman–Crippen LogP) is 2.66. The summed E-state index contributed by atoms with van der Waals surface area (Å²) < 4.78 is 18.9. The summed E-state index contributed by atoms with van der Waals surface area (Å²) in [6.07, 6.45) is 0. The van der Waals surface area contributed by atoms with Gasteiger partial charge >= 0.3 is 0 Å². The van der Waals surface area contributed by atoms with Gasteiger partial charge in [-0.15, -0.1) is 10.2 Å². The van der Waals surface area contributed by atoms with Crippen LogP contribution in [-0.4, -0.2) is 10.2 Å². The van der Waals surface area contributed by atoms with E-state index in [2.05, 4.69) is 26.1 Å². The van der Waals surface area contributed by atoms with Crippen molar-refractivity contribution in [1.29, 1.82) is 0 Å². The van der Waals surface area contributed by atoms with Crippen LogP contribution in [0.15, 0.2) is 27.1 Å². The van der Waals surface area contributed by atoms with Crippen molar-refractivity contribution in [2.24, 2.45) is 5.73 Å². The largest absolute Gasteiger partial charge is 0.419 e. The molecule has 2 aromatic rings. The maximum Gasteiger partial charge on any atom is 0.249 e. The molecular formula is C10H9BrFN3O. The van der Waals surface area contributed by atoms with Crippen molar-refractivity contribution in [1.82, 2.24) is 10.2 Å². The molecule has 4 nitrogen and oxygen atoms in total. The van der Waals surface area contributed by atoms with Crippen molar-refractivity contribution in [2.75, 3.05) is 0 Å². The molecule has 84 valence electrons. The molecule has 1 aromatic heterocycles. The first-order valence-corrected chi connectivity index (χ1v) is 5.42. The van der Waals surface area contributed by atoms with E-state index in [9.17, 15) is 4.39 Å². The molecule has 2 N–H and O–H groups in total. The Morgan fingerprint density at radius 1 is 1.44 bits per heavy atom. The summed E-state index contributed by atoms with van der Waals surface area (Å²) in [6.45, 7) is 1.73. The highest BCUT2D eigenvalue weighted by atomic mass is 79.9. The molecule has 0 aliphatic rings. The molecule has 0 fully saturated rings. The zero-order valence-corrected chi connectivity index (χ0v) is 10.0. The van der Waals surface area contributed by atoms with Gasteiger partial charge in [0, 0.05) is 0 Å². The number of nitrogens with zero attached hydrogens (tertiary/aromatic N) is 2. The standard InChI is InChI=1S/C10H9BrFN3O/c1-5(13)9-14-15-10(16-9)6-3-2-4-7(12)8(6)11/h2-5H,13H2,1H3. The van der Waals surface area contributed by atoms with E-state index in [1.807, 2.05) is 0 Å². The molecule has 0 radical (unpaired) electrons. The van der Waals surface area contributed by atoms with Crippen LogP contribution in [-0.2, 0) is 0 Å². The molecule has 0 spiro atoms. The Kier molecular flexibility index (Phi) is 3.02. The molecule has 16 heavy (non-hydrogen) atoms. The molecule has 1 unspecified atom stereocenters. The molecule has 0 saturated heterocycles. The van der Waals surface area contributed by atoms with Crippen molar-refractivity contribution in [3.63, 3.8) is 0 Å². The monoisotopic (exact) mass is 285 g/mol. The van der Waals surface area contributed by atoms with E-state index < -0.39 is 0 Å². The molecule has 1 atom stereocenters. The molecule has 1 aromatic carbocycles. The topological polar surface area (TPSA) is 64.9 Å². The number of halogens is 2. The van der Waals surface area contributed by atoms with Gasteiger partial charge in [0.25, 0.3) is 0 Å². The van der Waals surface area contributed by atoms with Crippen molar-refractivity contribution in [3.8, 4) is 11.5 Å². The molecule has 1 heterocycles. The van der Waals surface area contributed by atoms with Crippen LogP contribution in [0.25, 0.3) is 11.5 Å². The zero-order chi connectivity index (χ0) is 11.7. The second-order valence-corrected chi connectivity index (χ2v) is 4.13. The Balaban J connectivity index is 2.47. The van der Waals surface area contributed by atoms with Gasteiger partial charge in [-0.1, -0.05) is 6.07 Å². The van der Waals surface area contributed by atoms with Crippen molar-refractivity contribution >= 4 is 15.9 Å². The lowest BCUT2D eigenvalue weighted by molar-refractivity contribution is 0.473. The van der Waals surface area contributed by atoms with E-state index in [0.717, 1.165) is 0 Å². The lowest BCUT2D eigenvalue weighted by Crippen LogP contribution is -2.04. The van der Waals surface area contributed by atoms with E-state index in [4.69, 9.17) is 10.2 Å². The van der Waals surface area contributed by atoms with Gasteiger partial charge in [0.2, 0.25) is 11.8 Å². The lowest BCUT2D eigenvalue weighted by atomic mass is 10.2. The fourth-order valence-electron chi connectivity index (χ4n) is 1.20. The van der Waals surface area contributed by atoms with Crippen LogP contribution in [0.1, 0.15) is 18.9 Å². The summed E-state index contributed by atoms with van der Waals surface area (Å²) in [6, 6.07) is 4.27. The first-order chi connectivity index (χ1) is 7.59. The number of benzene rings is 1. The smallest absolute Gasteiger partial charge is 0.249 e. The van der Waals surface area contributed by atoms with Gasteiger partial charge in [0.15, 0.2) is 0 Å². The van der Waals surface area contributed by atoms with Gasteiger partial charge in [0.05, 0.1) is 16.1 Å². The summed E-state index contributed by atoms with van der Waals surface area (Å²) in [5, 5.41) is 7.59. The lowest BCUT2D eigenvalue weighted by Gasteiger charge is -2.00. The third-order valence-electron chi connectivity index (χ3n) is 2.01. The molecule has 0 bridgehead atoms. The van der Waals surface area contributed by atoms with Crippen LogP contribution in [0.2, 0.25) is 0 Å². The molecule has 6 heteroatoms. The Morgan fingerprint density at radius 2 is 2.19 bits per heavy atom. The highest BCUT2D eigenvalue weighted by molar-refractivity contribution is 9.10. The Hall–Kier alpha value is -1.27. The van der Waals surface area contributed by atoms with Crippen LogP contribution in [0, 0.1) is 5.82 Å². The summed E-state index contributed by atoms with van der Waals surface area (Å²) in [4.78, 5) is 0. The average Bonchev–Trinajstić information content (AvgIpc) is 2.71. The summed E-state index contributed by atoms with van der Waals surface area (Å²) in [7, 11) is 0. The maximum absolute atomic E-state index is 13.3. The van der Waals surface area contributed by atoms with Crippen molar-refractivity contribution in [3.05, 3.63) is 34.4 Å². The fourth-order valence-corrected chi connectivity index (χ4v) is 1.63. The van der Waals surface area contributed by atoms with Crippen molar-refractivity contribution < 1.29 is 8.81 Å². The number of nitrogens with two attached hydrogens (primary N) is 1. The Labute approximate surface area is 99.8 Å². The average molecular weight is 286 g/mol. The molecule has 2 rings (SSSR count).